The van der Waals surface area contributed by atoms with Gasteiger partial charge < -0.3 is 15.4 Å². The van der Waals surface area contributed by atoms with E-state index in [1.54, 1.807) is 6.20 Å². The molecule has 1 fully saturated rings. The Balaban J connectivity index is 1.71. The fourth-order valence-corrected chi connectivity index (χ4v) is 2.75. The normalized spacial score (nSPS) is 16.2. The summed E-state index contributed by atoms with van der Waals surface area (Å²) in [4.78, 5) is 15.9. The average molecular weight is 356 g/mol. The third-order valence-corrected chi connectivity index (χ3v) is 4.51. The summed E-state index contributed by atoms with van der Waals surface area (Å²) in [5.74, 6) is 1.48. The summed E-state index contributed by atoms with van der Waals surface area (Å²) in [5.41, 5.74) is 1.85. The summed E-state index contributed by atoms with van der Waals surface area (Å²) >= 11 is 0. The first kappa shape index (κ1) is 18.5. The summed E-state index contributed by atoms with van der Waals surface area (Å²) < 4.78 is 5.40. The van der Waals surface area contributed by atoms with Crippen LogP contribution in [0.25, 0.3) is 11.3 Å². The molecule has 3 heterocycles. The molecule has 3 rings (SSSR count). The molecule has 7 nitrogen and oxygen atoms in total. The first-order chi connectivity index (χ1) is 12.7. The second-order valence-electron chi connectivity index (χ2n) is 6.54. The highest BCUT2D eigenvalue weighted by molar-refractivity contribution is 5.63. The maximum Gasteiger partial charge on any atom is 0.225 e. The zero-order chi connectivity index (χ0) is 18.2. The highest BCUT2D eigenvalue weighted by atomic mass is 16.5. The van der Waals surface area contributed by atoms with Crippen molar-refractivity contribution >= 4 is 11.8 Å². The molecule has 0 aromatic carbocycles. The molecule has 0 amide bonds. The number of anilines is 2. The molecule has 2 aromatic heterocycles. The van der Waals surface area contributed by atoms with Gasteiger partial charge in [-0.3, -0.25) is 9.88 Å². The van der Waals surface area contributed by atoms with Gasteiger partial charge in [-0.1, -0.05) is 6.92 Å². The SMILES string of the molecule is CC[C@H](C)Nc1nc(NCCN2CCOCC2)cc(-c2cccnc2)n1. The van der Waals surface area contributed by atoms with E-state index < -0.39 is 0 Å². The van der Waals surface area contributed by atoms with Gasteiger partial charge in [0.2, 0.25) is 5.95 Å². The van der Waals surface area contributed by atoms with E-state index in [0.717, 1.165) is 62.9 Å². The van der Waals surface area contributed by atoms with Crippen molar-refractivity contribution < 1.29 is 4.74 Å². The second kappa shape index (κ2) is 9.45. The quantitative estimate of drug-likeness (QED) is 0.752. The van der Waals surface area contributed by atoms with Crippen LogP contribution in [0.3, 0.4) is 0 Å². The zero-order valence-corrected chi connectivity index (χ0v) is 15.6. The minimum atomic E-state index is 0.320. The molecule has 1 aliphatic heterocycles. The van der Waals surface area contributed by atoms with Gasteiger partial charge in [0, 0.05) is 56.2 Å². The van der Waals surface area contributed by atoms with E-state index in [0.29, 0.717) is 12.0 Å². The lowest BCUT2D eigenvalue weighted by atomic mass is 10.2. The van der Waals surface area contributed by atoms with E-state index in [9.17, 15) is 0 Å². The van der Waals surface area contributed by atoms with Gasteiger partial charge in [0.05, 0.1) is 18.9 Å². The van der Waals surface area contributed by atoms with Gasteiger partial charge in [-0.2, -0.15) is 4.98 Å². The number of nitrogens with one attached hydrogen (secondary N) is 2. The molecule has 0 spiro atoms. The van der Waals surface area contributed by atoms with Gasteiger partial charge in [-0.05, 0) is 25.5 Å². The van der Waals surface area contributed by atoms with Crippen molar-refractivity contribution in [3.05, 3.63) is 30.6 Å². The third kappa shape index (κ3) is 5.37. The van der Waals surface area contributed by atoms with Gasteiger partial charge in [0.25, 0.3) is 0 Å². The lowest BCUT2D eigenvalue weighted by Crippen LogP contribution is -2.39. The molecule has 1 saturated heterocycles. The summed E-state index contributed by atoms with van der Waals surface area (Å²) in [5, 5.41) is 6.81. The molecule has 0 unspecified atom stereocenters. The van der Waals surface area contributed by atoms with Crippen LogP contribution in [0, 0.1) is 0 Å². The van der Waals surface area contributed by atoms with Crippen LogP contribution in [0.4, 0.5) is 11.8 Å². The molecule has 1 aliphatic rings. The maximum atomic E-state index is 5.40. The maximum absolute atomic E-state index is 5.40. The van der Waals surface area contributed by atoms with Gasteiger partial charge in [0.15, 0.2) is 0 Å². The highest BCUT2D eigenvalue weighted by Gasteiger charge is 2.11. The Morgan fingerprint density at radius 2 is 2.12 bits per heavy atom. The van der Waals surface area contributed by atoms with Crippen molar-refractivity contribution in [2.24, 2.45) is 0 Å². The summed E-state index contributed by atoms with van der Waals surface area (Å²) in [6, 6.07) is 6.24. The summed E-state index contributed by atoms with van der Waals surface area (Å²) in [7, 11) is 0. The van der Waals surface area contributed by atoms with Crippen LogP contribution in [-0.2, 0) is 4.74 Å². The molecule has 140 valence electrons. The molecule has 0 bridgehead atoms. The number of rotatable bonds is 8. The molecule has 2 N–H and O–H groups in total. The van der Waals surface area contributed by atoms with Crippen LogP contribution < -0.4 is 10.6 Å². The Morgan fingerprint density at radius 3 is 2.85 bits per heavy atom. The van der Waals surface area contributed by atoms with E-state index in [-0.39, 0.29) is 0 Å². The number of hydrogen-bond donors (Lipinski definition) is 2. The number of ether oxygens (including phenoxy) is 1. The van der Waals surface area contributed by atoms with Gasteiger partial charge in [0.1, 0.15) is 5.82 Å². The Labute approximate surface area is 155 Å². The third-order valence-electron chi connectivity index (χ3n) is 4.51. The fourth-order valence-electron chi connectivity index (χ4n) is 2.75. The van der Waals surface area contributed by atoms with E-state index in [4.69, 9.17) is 4.74 Å². The van der Waals surface area contributed by atoms with Crippen molar-refractivity contribution in [3.8, 4) is 11.3 Å². The number of aromatic nitrogens is 3. The Morgan fingerprint density at radius 1 is 1.27 bits per heavy atom. The summed E-state index contributed by atoms with van der Waals surface area (Å²) in [6.45, 7) is 9.72. The Kier molecular flexibility index (Phi) is 6.74. The molecule has 26 heavy (non-hydrogen) atoms. The van der Waals surface area contributed by atoms with Crippen molar-refractivity contribution in [2.45, 2.75) is 26.3 Å². The predicted octanol–water partition coefficient (Wildman–Crippen LogP) is 2.49. The van der Waals surface area contributed by atoms with Crippen molar-refractivity contribution in [1.29, 1.82) is 0 Å². The van der Waals surface area contributed by atoms with Crippen LogP contribution in [0.15, 0.2) is 30.6 Å². The number of pyridine rings is 1. The largest absolute Gasteiger partial charge is 0.379 e. The fraction of sp³-hybridized carbons (Fsp3) is 0.526. The Bertz CT molecular complexity index is 675. The standard InChI is InChI=1S/C19H28N6O/c1-3-15(2)22-19-23-17(16-5-4-6-20-14-16)13-18(24-19)21-7-8-25-9-11-26-12-10-25/h4-6,13-15H,3,7-12H2,1-2H3,(H2,21,22,23,24)/t15-/m0/s1. The minimum absolute atomic E-state index is 0.320. The van der Waals surface area contributed by atoms with Crippen molar-refractivity contribution in [3.63, 3.8) is 0 Å². The molecule has 2 aromatic rings. The van der Waals surface area contributed by atoms with Gasteiger partial charge in [-0.15, -0.1) is 0 Å². The van der Waals surface area contributed by atoms with Crippen LogP contribution in [0.2, 0.25) is 0 Å². The van der Waals surface area contributed by atoms with Crippen LogP contribution in [0.5, 0.6) is 0 Å². The van der Waals surface area contributed by atoms with Crippen LogP contribution >= 0.6 is 0 Å². The molecule has 0 saturated carbocycles. The highest BCUT2D eigenvalue weighted by Crippen LogP contribution is 2.21. The lowest BCUT2D eigenvalue weighted by Gasteiger charge is -2.26. The summed E-state index contributed by atoms with van der Waals surface area (Å²) in [6.07, 6.45) is 4.61. The van der Waals surface area contributed by atoms with Gasteiger partial charge in [-0.25, -0.2) is 4.98 Å². The van der Waals surface area contributed by atoms with Gasteiger partial charge >= 0.3 is 0 Å². The average Bonchev–Trinajstić information content (AvgIpc) is 2.69. The second-order valence-corrected chi connectivity index (χ2v) is 6.54. The number of nitrogens with zero attached hydrogens (tertiary/aromatic N) is 4. The van der Waals surface area contributed by atoms with Crippen LogP contribution in [-0.4, -0.2) is 65.3 Å². The van der Waals surface area contributed by atoms with Crippen LogP contribution in [0.1, 0.15) is 20.3 Å². The van der Waals surface area contributed by atoms with E-state index >= 15 is 0 Å². The predicted molar refractivity (Wildman–Crippen MR) is 104 cm³/mol. The minimum Gasteiger partial charge on any atom is -0.379 e. The smallest absolute Gasteiger partial charge is 0.225 e. The van der Waals surface area contributed by atoms with E-state index in [1.807, 2.05) is 24.4 Å². The molecular formula is C19H28N6O. The Hall–Kier alpha value is -2.25. The molecule has 0 radical (unpaired) electrons. The topological polar surface area (TPSA) is 75.2 Å². The first-order valence-corrected chi connectivity index (χ1v) is 9.34. The lowest BCUT2D eigenvalue weighted by molar-refractivity contribution is 0.0398. The number of hydrogen-bond acceptors (Lipinski definition) is 7. The van der Waals surface area contributed by atoms with E-state index in [2.05, 4.69) is 44.3 Å². The van der Waals surface area contributed by atoms with E-state index in [1.165, 1.54) is 0 Å². The number of morpholine rings is 1. The molecule has 0 aliphatic carbocycles. The zero-order valence-electron chi connectivity index (χ0n) is 15.6. The molecule has 1 atom stereocenters. The van der Waals surface area contributed by atoms with Crippen molar-refractivity contribution in [2.75, 3.05) is 50.0 Å². The first-order valence-electron chi connectivity index (χ1n) is 9.34. The van der Waals surface area contributed by atoms with Crippen molar-refractivity contribution in [1.82, 2.24) is 19.9 Å². The molecular weight excluding hydrogens is 328 g/mol. The molecule has 7 heteroatoms. The monoisotopic (exact) mass is 356 g/mol.